The molecular formula is C20H20N2O3. The molecule has 3 aliphatic rings. The van der Waals surface area contributed by atoms with Gasteiger partial charge in [0, 0.05) is 23.2 Å². The highest BCUT2D eigenvalue weighted by molar-refractivity contribution is 6.09. The predicted molar refractivity (Wildman–Crippen MR) is 92.1 cm³/mol. The third-order valence-corrected chi connectivity index (χ3v) is 6.22. The molecule has 5 heteroatoms. The number of para-hydroxylation sites is 1. The van der Waals surface area contributed by atoms with E-state index in [1.54, 1.807) is 13.2 Å². The number of rotatable bonds is 2. The van der Waals surface area contributed by atoms with Crippen LogP contribution in [0.4, 0.5) is 5.69 Å². The first kappa shape index (κ1) is 14.9. The Labute approximate surface area is 146 Å². The van der Waals surface area contributed by atoms with Crippen molar-refractivity contribution in [3.63, 3.8) is 0 Å². The van der Waals surface area contributed by atoms with Crippen LogP contribution in [0.3, 0.4) is 0 Å². The zero-order chi connectivity index (χ0) is 17.2. The summed E-state index contributed by atoms with van der Waals surface area (Å²) in [6.45, 7) is 2.44. The SMILES string of the molecule is CC(=O)C1C(c2ccco2)C2CCCN2C12C(=O)Nc1ccccc12. The summed E-state index contributed by atoms with van der Waals surface area (Å²) in [5.41, 5.74) is 0.840. The van der Waals surface area contributed by atoms with E-state index in [0.717, 1.165) is 36.4 Å². The number of nitrogens with zero attached hydrogens (tertiary/aromatic N) is 1. The minimum absolute atomic E-state index is 0.0441. The molecule has 0 aliphatic carbocycles. The number of fused-ring (bicyclic) bond motifs is 4. The molecule has 4 heterocycles. The molecule has 0 bridgehead atoms. The standard InChI is InChI=1S/C20H20N2O3/c1-12(23)18-17(16-9-5-11-25-16)15-8-4-10-22(15)20(18)13-6-2-3-7-14(13)21-19(20)24/h2-3,5-7,9,11,15,17-18H,4,8,10H2,1H3,(H,21,24). The van der Waals surface area contributed by atoms with Gasteiger partial charge in [-0.15, -0.1) is 0 Å². The van der Waals surface area contributed by atoms with Gasteiger partial charge in [0.25, 0.3) is 0 Å². The number of hydrogen-bond acceptors (Lipinski definition) is 4. The Balaban J connectivity index is 1.78. The predicted octanol–water partition coefficient (Wildman–Crippen LogP) is 2.89. The number of ketones is 1. The monoisotopic (exact) mass is 336 g/mol. The summed E-state index contributed by atoms with van der Waals surface area (Å²) in [5.74, 6) is 0.253. The summed E-state index contributed by atoms with van der Waals surface area (Å²) in [4.78, 5) is 28.4. The molecular weight excluding hydrogens is 316 g/mol. The van der Waals surface area contributed by atoms with Gasteiger partial charge >= 0.3 is 0 Å². The summed E-state index contributed by atoms with van der Waals surface area (Å²) >= 11 is 0. The van der Waals surface area contributed by atoms with Gasteiger partial charge in [-0.25, -0.2) is 0 Å². The number of carbonyl (C=O) groups is 2. The molecule has 1 spiro atoms. The van der Waals surface area contributed by atoms with Crippen LogP contribution in [0.25, 0.3) is 0 Å². The van der Waals surface area contributed by atoms with Crippen molar-refractivity contribution in [3.8, 4) is 0 Å². The van der Waals surface area contributed by atoms with E-state index >= 15 is 0 Å². The van der Waals surface area contributed by atoms with Gasteiger partial charge in [0.15, 0.2) is 0 Å². The summed E-state index contributed by atoms with van der Waals surface area (Å²) in [5, 5.41) is 3.03. The molecule has 0 saturated carbocycles. The fraction of sp³-hybridized carbons (Fsp3) is 0.400. The summed E-state index contributed by atoms with van der Waals surface area (Å²) in [7, 11) is 0. The van der Waals surface area contributed by atoms with E-state index in [1.165, 1.54) is 0 Å². The van der Waals surface area contributed by atoms with Crippen LogP contribution in [0.2, 0.25) is 0 Å². The summed E-state index contributed by atoms with van der Waals surface area (Å²) < 4.78 is 5.72. The van der Waals surface area contributed by atoms with Crippen molar-refractivity contribution in [2.75, 3.05) is 11.9 Å². The molecule has 2 saturated heterocycles. The lowest BCUT2D eigenvalue weighted by atomic mass is 9.71. The Morgan fingerprint density at radius 2 is 2.12 bits per heavy atom. The molecule has 4 atom stereocenters. The number of carbonyl (C=O) groups excluding carboxylic acids is 2. The Morgan fingerprint density at radius 3 is 2.88 bits per heavy atom. The van der Waals surface area contributed by atoms with E-state index in [0.29, 0.717) is 0 Å². The maximum atomic E-state index is 13.3. The highest BCUT2D eigenvalue weighted by Crippen LogP contribution is 2.60. The van der Waals surface area contributed by atoms with Crippen molar-refractivity contribution in [2.24, 2.45) is 5.92 Å². The molecule has 2 aromatic rings. The van der Waals surface area contributed by atoms with Crippen LogP contribution in [0.1, 0.15) is 37.0 Å². The molecule has 2 fully saturated rings. The number of anilines is 1. The molecule has 1 amide bonds. The van der Waals surface area contributed by atoms with Crippen molar-refractivity contribution in [1.82, 2.24) is 4.90 Å². The Kier molecular flexibility index (Phi) is 3.01. The van der Waals surface area contributed by atoms with Crippen molar-refractivity contribution in [3.05, 3.63) is 54.0 Å². The van der Waals surface area contributed by atoms with Crippen molar-refractivity contribution in [1.29, 1.82) is 0 Å². The van der Waals surface area contributed by atoms with Crippen LogP contribution in [-0.2, 0) is 15.1 Å². The van der Waals surface area contributed by atoms with Gasteiger partial charge in [0.2, 0.25) is 5.91 Å². The van der Waals surface area contributed by atoms with Gasteiger partial charge in [-0.1, -0.05) is 18.2 Å². The second kappa shape index (κ2) is 5.05. The Bertz CT molecular complexity index is 860. The van der Waals surface area contributed by atoms with E-state index in [9.17, 15) is 9.59 Å². The number of benzene rings is 1. The number of amides is 1. The third kappa shape index (κ3) is 1.71. The number of Topliss-reactive ketones (excluding diaryl/α,β-unsaturated/α-hetero) is 1. The van der Waals surface area contributed by atoms with Gasteiger partial charge in [-0.3, -0.25) is 14.5 Å². The van der Waals surface area contributed by atoms with Crippen LogP contribution in [-0.4, -0.2) is 29.2 Å². The van der Waals surface area contributed by atoms with E-state index in [-0.39, 0.29) is 23.7 Å². The first-order valence-electron chi connectivity index (χ1n) is 8.87. The molecule has 4 unspecified atom stereocenters. The average Bonchev–Trinajstić information content (AvgIpc) is 3.34. The van der Waals surface area contributed by atoms with Gasteiger partial charge in [-0.05, 0) is 44.5 Å². The van der Waals surface area contributed by atoms with Crippen LogP contribution >= 0.6 is 0 Å². The zero-order valence-electron chi connectivity index (χ0n) is 14.1. The summed E-state index contributed by atoms with van der Waals surface area (Å²) in [6.07, 6.45) is 3.66. The quantitative estimate of drug-likeness (QED) is 0.916. The normalized spacial score (nSPS) is 33.5. The number of furan rings is 1. The largest absolute Gasteiger partial charge is 0.469 e. The maximum absolute atomic E-state index is 13.3. The second-order valence-electron chi connectivity index (χ2n) is 7.30. The van der Waals surface area contributed by atoms with E-state index in [1.807, 2.05) is 36.4 Å². The molecule has 0 radical (unpaired) electrons. The fourth-order valence-corrected chi connectivity index (χ4v) is 5.50. The van der Waals surface area contributed by atoms with E-state index < -0.39 is 11.5 Å². The first-order chi connectivity index (χ1) is 12.2. The lowest BCUT2D eigenvalue weighted by Crippen LogP contribution is -2.52. The molecule has 25 heavy (non-hydrogen) atoms. The fourth-order valence-electron chi connectivity index (χ4n) is 5.50. The Hall–Kier alpha value is -2.40. The highest BCUT2D eigenvalue weighted by atomic mass is 16.3. The van der Waals surface area contributed by atoms with E-state index in [2.05, 4.69) is 10.2 Å². The highest BCUT2D eigenvalue weighted by Gasteiger charge is 2.69. The second-order valence-corrected chi connectivity index (χ2v) is 7.30. The minimum atomic E-state index is -0.916. The lowest BCUT2D eigenvalue weighted by Gasteiger charge is -2.36. The van der Waals surface area contributed by atoms with E-state index in [4.69, 9.17) is 4.42 Å². The van der Waals surface area contributed by atoms with Crippen molar-refractivity contribution < 1.29 is 14.0 Å². The van der Waals surface area contributed by atoms with Gasteiger partial charge in [0.1, 0.15) is 17.1 Å². The van der Waals surface area contributed by atoms with Gasteiger partial charge in [0.05, 0.1) is 12.2 Å². The zero-order valence-corrected chi connectivity index (χ0v) is 14.1. The molecule has 1 aromatic heterocycles. The Morgan fingerprint density at radius 1 is 1.28 bits per heavy atom. The minimum Gasteiger partial charge on any atom is -0.469 e. The first-order valence-corrected chi connectivity index (χ1v) is 8.87. The molecule has 128 valence electrons. The maximum Gasteiger partial charge on any atom is 0.250 e. The lowest BCUT2D eigenvalue weighted by molar-refractivity contribution is -0.135. The molecule has 3 aliphatic heterocycles. The van der Waals surface area contributed by atoms with Gasteiger partial charge < -0.3 is 9.73 Å². The van der Waals surface area contributed by atoms with Crippen LogP contribution in [0.15, 0.2) is 47.1 Å². The molecule has 1 N–H and O–H groups in total. The van der Waals surface area contributed by atoms with Crippen LogP contribution in [0.5, 0.6) is 0 Å². The van der Waals surface area contributed by atoms with Crippen LogP contribution < -0.4 is 5.32 Å². The third-order valence-electron chi connectivity index (χ3n) is 6.22. The molecule has 5 rings (SSSR count). The molecule has 5 nitrogen and oxygen atoms in total. The average molecular weight is 336 g/mol. The number of hydrogen-bond donors (Lipinski definition) is 1. The summed E-state index contributed by atoms with van der Waals surface area (Å²) in [6, 6.07) is 11.7. The number of nitrogens with one attached hydrogen (secondary N) is 1. The molecule has 1 aromatic carbocycles. The van der Waals surface area contributed by atoms with Crippen molar-refractivity contribution in [2.45, 2.75) is 37.3 Å². The van der Waals surface area contributed by atoms with Crippen molar-refractivity contribution >= 4 is 17.4 Å². The van der Waals surface area contributed by atoms with Gasteiger partial charge in [-0.2, -0.15) is 0 Å². The topological polar surface area (TPSA) is 62.6 Å². The van der Waals surface area contributed by atoms with Crippen LogP contribution in [0, 0.1) is 5.92 Å². The smallest absolute Gasteiger partial charge is 0.250 e.